The molecule has 14 heavy (non-hydrogen) atoms. The van der Waals surface area contributed by atoms with Crippen LogP contribution in [0, 0.1) is 0 Å². The molecule has 0 atom stereocenters. The predicted octanol–water partition coefficient (Wildman–Crippen LogP) is 1.91. The Bertz CT molecular complexity index is 450. The summed E-state index contributed by atoms with van der Waals surface area (Å²) in [5, 5.41) is 0. The average molecular weight is 214 g/mol. The molecule has 1 aromatic rings. The first-order valence-electron chi connectivity index (χ1n) is 4.35. The van der Waals surface area contributed by atoms with Gasteiger partial charge in [-0.25, -0.2) is 0 Å². The third-order valence-electron chi connectivity index (χ3n) is 1.83. The second-order valence-electron chi connectivity index (χ2n) is 2.96. The summed E-state index contributed by atoms with van der Waals surface area (Å²) < 4.78 is 32.8. The van der Waals surface area contributed by atoms with E-state index in [1.54, 1.807) is 12.1 Å². The fourth-order valence-electron chi connectivity index (χ4n) is 1.12. The number of para-hydroxylation sites is 1. The molecule has 0 N–H and O–H groups in total. The number of hydrogen-bond acceptors (Lipinski definition) is 4. The Hall–Kier alpha value is -1.07. The summed E-state index contributed by atoms with van der Waals surface area (Å²) in [7, 11) is -3.63. The molecule has 76 valence electrons. The first-order valence-corrected chi connectivity index (χ1v) is 5.76. The molecular weight excluding hydrogens is 204 g/mol. The molecule has 0 spiro atoms. The number of ether oxygens (including phenoxy) is 1. The van der Waals surface area contributed by atoms with Crippen molar-refractivity contribution < 1.29 is 17.3 Å². The van der Waals surface area contributed by atoms with Gasteiger partial charge in [-0.2, -0.15) is 8.42 Å². The lowest BCUT2D eigenvalue weighted by Crippen LogP contribution is -2.06. The Morgan fingerprint density at radius 1 is 1.43 bits per heavy atom. The van der Waals surface area contributed by atoms with E-state index in [0.29, 0.717) is 17.9 Å². The van der Waals surface area contributed by atoms with Crippen LogP contribution < -0.4 is 4.74 Å². The van der Waals surface area contributed by atoms with Crippen LogP contribution in [-0.2, 0) is 14.3 Å². The van der Waals surface area contributed by atoms with Gasteiger partial charge in [0.25, 0.3) is 0 Å². The third kappa shape index (κ3) is 1.60. The van der Waals surface area contributed by atoms with Gasteiger partial charge in [0, 0.05) is 0 Å². The SMILES string of the molecule is CCCOS(=O)(=O)c1cccc2c1O2. The largest absolute Gasteiger partial charge is 0.448 e. The van der Waals surface area contributed by atoms with E-state index in [1.165, 1.54) is 6.07 Å². The topological polar surface area (TPSA) is 55.9 Å². The number of rotatable bonds is 4. The van der Waals surface area contributed by atoms with Crippen molar-refractivity contribution in [2.75, 3.05) is 6.61 Å². The summed E-state index contributed by atoms with van der Waals surface area (Å²) >= 11 is 0. The van der Waals surface area contributed by atoms with E-state index in [2.05, 4.69) is 0 Å². The first kappa shape index (κ1) is 9.48. The van der Waals surface area contributed by atoms with Crippen molar-refractivity contribution in [3.05, 3.63) is 18.2 Å². The Morgan fingerprint density at radius 3 is 2.93 bits per heavy atom. The van der Waals surface area contributed by atoms with E-state index in [9.17, 15) is 8.42 Å². The minimum atomic E-state index is -3.63. The maximum absolute atomic E-state index is 11.5. The van der Waals surface area contributed by atoms with Gasteiger partial charge in [0.2, 0.25) is 0 Å². The molecule has 4 nitrogen and oxygen atoms in total. The minimum Gasteiger partial charge on any atom is -0.448 e. The van der Waals surface area contributed by atoms with E-state index < -0.39 is 10.1 Å². The highest BCUT2D eigenvalue weighted by Crippen LogP contribution is 2.49. The lowest BCUT2D eigenvalue weighted by molar-refractivity contribution is 0.317. The monoisotopic (exact) mass is 214 g/mol. The molecule has 0 bridgehead atoms. The number of benzene rings is 1. The van der Waals surface area contributed by atoms with Crippen molar-refractivity contribution in [1.82, 2.24) is 0 Å². The lowest BCUT2D eigenvalue weighted by atomic mass is 10.4. The zero-order valence-electron chi connectivity index (χ0n) is 7.69. The molecule has 5 heteroatoms. The molecule has 0 unspecified atom stereocenters. The molecule has 0 saturated heterocycles. The summed E-state index contributed by atoms with van der Waals surface area (Å²) in [5.41, 5.74) is 0. The van der Waals surface area contributed by atoms with Crippen LogP contribution >= 0.6 is 0 Å². The molecule has 1 aliphatic rings. The average Bonchev–Trinajstić information content (AvgIpc) is 2.92. The minimum absolute atomic E-state index is 0.128. The van der Waals surface area contributed by atoms with Crippen molar-refractivity contribution in [3.8, 4) is 11.5 Å². The highest BCUT2D eigenvalue weighted by molar-refractivity contribution is 7.86. The van der Waals surface area contributed by atoms with Gasteiger partial charge in [0.15, 0.2) is 11.5 Å². The zero-order valence-corrected chi connectivity index (χ0v) is 8.50. The van der Waals surface area contributed by atoms with Gasteiger partial charge in [-0.3, -0.25) is 4.18 Å². The van der Waals surface area contributed by atoms with Crippen LogP contribution in [0.25, 0.3) is 0 Å². The molecule has 0 aliphatic carbocycles. The van der Waals surface area contributed by atoms with E-state index in [4.69, 9.17) is 8.92 Å². The first-order chi connectivity index (χ1) is 6.65. The summed E-state index contributed by atoms with van der Waals surface area (Å²) in [4.78, 5) is 0.128. The zero-order chi connectivity index (χ0) is 10.2. The van der Waals surface area contributed by atoms with Crippen molar-refractivity contribution in [2.24, 2.45) is 0 Å². The van der Waals surface area contributed by atoms with Gasteiger partial charge in [0.05, 0.1) is 6.61 Å². The van der Waals surface area contributed by atoms with E-state index in [0.717, 1.165) is 0 Å². The second kappa shape index (κ2) is 3.25. The van der Waals surface area contributed by atoms with Crippen LogP contribution in [0.4, 0.5) is 0 Å². The Morgan fingerprint density at radius 2 is 2.21 bits per heavy atom. The van der Waals surface area contributed by atoms with Crippen molar-refractivity contribution in [1.29, 1.82) is 0 Å². The maximum Gasteiger partial charge on any atom is 0.300 e. The van der Waals surface area contributed by atoms with Gasteiger partial charge in [-0.15, -0.1) is 0 Å². The van der Waals surface area contributed by atoms with Gasteiger partial charge in [-0.05, 0) is 18.6 Å². The molecule has 0 fully saturated rings. The lowest BCUT2D eigenvalue weighted by Gasteiger charge is -2.01. The van der Waals surface area contributed by atoms with E-state index in [1.807, 2.05) is 6.92 Å². The Kier molecular flexibility index (Phi) is 2.20. The normalized spacial score (nSPS) is 13.2. The van der Waals surface area contributed by atoms with Gasteiger partial charge >= 0.3 is 10.1 Å². The molecule has 0 radical (unpaired) electrons. The molecule has 0 aromatic heterocycles. The smallest absolute Gasteiger partial charge is 0.300 e. The van der Waals surface area contributed by atoms with Crippen LogP contribution in [0.3, 0.4) is 0 Å². The standard InChI is InChI=1S/C9H10O4S/c1-2-6-12-14(10,11)8-5-3-4-7-9(8)13-7/h3-5H,2,6H2,1H3. The number of fused-ring (bicyclic) bond motifs is 1. The molecule has 0 amide bonds. The van der Waals surface area contributed by atoms with Gasteiger partial charge in [0.1, 0.15) is 4.90 Å². The summed E-state index contributed by atoms with van der Waals surface area (Å²) in [5.74, 6) is 1.04. The quantitative estimate of drug-likeness (QED) is 0.576. The molecular formula is C9H10O4S. The van der Waals surface area contributed by atoms with Crippen LogP contribution in [-0.4, -0.2) is 15.0 Å². The van der Waals surface area contributed by atoms with Crippen LogP contribution in [0.2, 0.25) is 0 Å². The molecule has 1 aromatic carbocycles. The Labute approximate surface area is 82.6 Å². The van der Waals surface area contributed by atoms with Gasteiger partial charge in [-0.1, -0.05) is 13.0 Å². The molecule has 2 rings (SSSR count). The molecule has 1 aliphatic heterocycles. The summed E-state index contributed by atoms with van der Waals surface area (Å²) in [6.45, 7) is 2.05. The highest BCUT2D eigenvalue weighted by Gasteiger charge is 2.31. The van der Waals surface area contributed by atoms with Crippen molar-refractivity contribution >= 4 is 10.1 Å². The van der Waals surface area contributed by atoms with Gasteiger partial charge < -0.3 is 4.74 Å². The van der Waals surface area contributed by atoms with Crippen LogP contribution in [0.5, 0.6) is 11.5 Å². The third-order valence-corrected chi connectivity index (χ3v) is 3.16. The fraction of sp³-hybridized carbons (Fsp3) is 0.333. The molecule has 1 heterocycles. The van der Waals surface area contributed by atoms with E-state index in [-0.39, 0.29) is 11.5 Å². The fourth-order valence-corrected chi connectivity index (χ4v) is 2.25. The molecule has 0 saturated carbocycles. The Balaban J connectivity index is 2.28. The predicted molar refractivity (Wildman–Crippen MR) is 49.9 cm³/mol. The van der Waals surface area contributed by atoms with Crippen LogP contribution in [0.15, 0.2) is 23.1 Å². The second-order valence-corrected chi connectivity index (χ2v) is 4.55. The van der Waals surface area contributed by atoms with Crippen LogP contribution in [0.1, 0.15) is 13.3 Å². The summed E-state index contributed by atoms with van der Waals surface area (Å²) in [6.07, 6.45) is 0.662. The number of hydrogen-bond donors (Lipinski definition) is 0. The van der Waals surface area contributed by atoms with E-state index >= 15 is 0 Å². The van der Waals surface area contributed by atoms with Crippen molar-refractivity contribution in [2.45, 2.75) is 18.2 Å². The van der Waals surface area contributed by atoms with Crippen molar-refractivity contribution in [3.63, 3.8) is 0 Å². The maximum atomic E-state index is 11.5. The summed E-state index contributed by atoms with van der Waals surface area (Å²) in [6, 6.07) is 4.83. The highest BCUT2D eigenvalue weighted by atomic mass is 32.2.